The smallest absolute Gasteiger partial charge is 0.237 e. The van der Waals surface area contributed by atoms with Gasteiger partial charge in [0.2, 0.25) is 5.91 Å². The summed E-state index contributed by atoms with van der Waals surface area (Å²) < 4.78 is 2.93. The number of anilines is 1. The molecule has 1 aliphatic heterocycles. The lowest BCUT2D eigenvalue weighted by Gasteiger charge is -2.26. The Morgan fingerprint density at radius 1 is 1.50 bits per heavy atom. The van der Waals surface area contributed by atoms with Gasteiger partial charge in [0, 0.05) is 23.8 Å². The van der Waals surface area contributed by atoms with Crippen LogP contribution in [0.3, 0.4) is 0 Å². The van der Waals surface area contributed by atoms with Gasteiger partial charge >= 0.3 is 0 Å². The van der Waals surface area contributed by atoms with Gasteiger partial charge in [-0.15, -0.1) is 10.2 Å². The summed E-state index contributed by atoms with van der Waals surface area (Å²) in [6.45, 7) is 0.896. The molecule has 6 heteroatoms. The number of hydrogen-bond acceptors (Lipinski definition) is 3. The van der Waals surface area contributed by atoms with E-state index in [0.717, 1.165) is 35.4 Å². The van der Waals surface area contributed by atoms with Gasteiger partial charge in [0.1, 0.15) is 12.2 Å². The predicted molar refractivity (Wildman–Crippen MR) is 79.5 cm³/mol. The average molecular weight is 335 g/mol. The molecule has 20 heavy (non-hydrogen) atoms. The number of halogens is 1. The molecular formula is C14H15BrN4O. The van der Waals surface area contributed by atoms with Crippen LogP contribution in [0.15, 0.2) is 35.1 Å². The number of fused-ring (bicyclic) bond motifs is 1. The van der Waals surface area contributed by atoms with Crippen molar-refractivity contribution in [2.75, 3.05) is 11.9 Å². The molecular weight excluding hydrogens is 320 g/mol. The lowest BCUT2D eigenvalue weighted by atomic mass is 9.97. The van der Waals surface area contributed by atoms with Gasteiger partial charge in [0.25, 0.3) is 0 Å². The molecule has 104 valence electrons. The van der Waals surface area contributed by atoms with Crippen molar-refractivity contribution in [3.63, 3.8) is 0 Å². The van der Waals surface area contributed by atoms with Crippen molar-refractivity contribution >= 4 is 27.5 Å². The van der Waals surface area contributed by atoms with Gasteiger partial charge in [-0.25, -0.2) is 0 Å². The molecule has 1 amide bonds. The van der Waals surface area contributed by atoms with Crippen molar-refractivity contribution in [1.29, 1.82) is 0 Å². The zero-order chi connectivity index (χ0) is 14.1. The summed E-state index contributed by atoms with van der Waals surface area (Å²) in [5, 5.41) is 8.03. The molecule has 0 radical (unpaired) electrons. The highest BCUT2D eigenvalue weighted by molar-refractivity contribution is 9.10. The molecule has 0 bridgehead atoms. The normalized spacial score (nSPS) is 17.6. The Balaban J connectivity index is 1.87. The molecule has 1 unspecified atom stereocenters. The molecule has 1 aliphatic rings. The van der Waals surface area contributed by atoms with E-state index < -0.39 is 0 Å². The Kier molecular flexibility index (Phi) is 3.56. The van der Waals surface area contributed by atoms with E-state index in [-0.39, 0.29) is 11.8 Å². The topological polar surface area (TPSA) is 51.0 Å². The zero-order valence-corrected chi connectivity index (χ0v) is 12.7. The number of benzene rings is 1. The van der Waals surface area contributed by atoms with Gasteiger partial charge in [-0.05, 0) is 31.0 Å². The van der Waals surface area contributed by atoms with Crippen LogP contribution in [0.5, 0.6) is 0 Å². The van der Waals surface area contributed by atoms with E-state index in [9.17, 15) is 4.79 Å². The third-order valence-electron chi connectivity index (χ3n) is 3.67. The molecule has 0 saturated heterocycles. The van der Waals surface area contributed by atoms with Crippen LogP contribution in [0.2, 0.25) is 0 Å². The summed E-state index contributed by atoms with van der Waals surface area (Å²) in [5.41, 5.74) is 0.876. The second-order valence-electron chi connectivity index (χ2n) is 4.95. The molecule has 1 atom stereocenters. The van der Waals surface area contributed by atoms with E-state index in [1.807, 2.05) is 28.8 Å². The summed E-state index contributed by atoms with van der Waals surface area (Å²) >= 11 is 3.43. The maximum atomic E-state index is 12.7. The number of carbonyl (C=O) groups excluding carboxylic acids is 1. The number of hydrogen-bond donors (Lipinski definition) is 0. The SMILES string of the molecule is CN(C(=O)C1CCCn2cnnc21)c1cccc(Br)c1. The summed E-state index contributed by atoms with van der Waals surface area (Å²) in [7, 11) is 1.80. The van der Waals surface area contributed by atoms with Crippen LogP contribution in [0.25, 0.3) is 0 Å². The Hall–Kier alpha value is -1.69. The van der Waals surface area contributed by atoms with Crippen molar-refractivity contribution in [3.8, 4) is 0 Å². The van der Waals surface area contributed by atoms with E-state index in [2.05, 4.69) is 26.1 Å². The minimum Gasteiger partial charge on any atom is -0.317 e. The van der Waals surface area contributed by atoms with Gasteiger partial charge < -0.3 is 9.47 Å². The predicted octanol–water partition coefficient (Wildman–Crippen LogP) is 2.58. The van der Waals surface area contributed by atoms with E-state index in [4.69, 9.17) is 0 Å². The first-order valence-electron chi connectivity index (χ1n) is 6.57. The molecule has 0 saturated carbocycles. The van der Waals surface area contributed by atoms with Crippen molar-refractivity contribution in [3.05, 3.63) is 40.9 Å². The number of likely N-dealkylation sites (N-methyl/N-ethyl adjacent to an activating group) is 1. The third kappa shape index (κ3) is 2.35. The lowest BCUT2D eigenvalue weighted by Crippen LogP contribution is -2.34. The van der Waals surface area contributed by atoms with Crippen LogP contribution in [-0.2, 0) is 11.3 Å². The van der Waals surface area contributed by atoms with Gasteiger partial charge in [0.05, 0.1) is 5.92 Å². The first kappa shape index (κ1) is 13.3. The van der Waals surface area contributed by atoms with Gasteiger partial charge in [-0.1, -0.05) is 22.0 Å². The fourth-order valence-corrected chi connectivity index (χ4v) is 2.97. The first-order chi connectivity index (χ1) is 9.66. The highest BCUT2D eigenvalue weighted by Crippen LogP contribution is 2.29. The van der Waals surface area contributed by atoms with Gasteiger partial charge in [0.15, 0.2) is 0 Å². The molecule has 5 nitrogen and oxygen atoms in total. The first-order valence-corrected chi connectivity index (χ1v) is 7.37. The maximum absolute atomic E-state index is 12.7. The largest absolute Gasteiger partial charge is 0.317 e. The number of nitrogens with zero attached hydrogens (tertiary/aromatic N) is 4. The van der Waals surface area contributed by atoms with Crippen LogP contribution in [0, 0.1) is 0 Å². The number of aromatic nitrogens is 3. The van der Waals surface area contributed by atoms with Crippen molar-refractivity contribution < 1.29 is 4.79 Å². The van der Waals surface area contributed by atoms with Crippen LogP contribution >= 0.6 is 15.9 Å². The average Bonchev–Trinajstić information content (AvgIpc) is 2.94. The maximum Gasteiger partial charge on any atom is 0.237 e. The molecule has 1 aromatic carbocycles. The number of amides is 1. The van der Waals surface area contributed by atoms with Crippen molar-refractivity contribution in [1.82, 2.24) is 14.8 Å². The zero-order valence-electron chi connectivity index (χ0n) is 11.2. The molecule has 0 spiro atoms. The minimum absolute atomic E-state index is 0.0667. The van der Waals surface area contributed by atoms with E-state index in [0.29, 0.717) is 0 Å². The van der Waals surface area contributed by atoms with E-state index in [1.165, 1.54) is 0 Å². The van der Waals surface area contributed by atoms with Crippen molar-refractivity contribution in [2.45, 2.75) is 25.3 Å². The fourth-order valence-electron chi connectivity index (χ4n) is 2.58. The molecule has 2 heterocycles. The highest BCUT2D eigenvalue weighted by atomic mass is 79.9. The molecule has 2 aromatic rings. The van der Waals surface area contributed by atoms with Crippen LogP contribution in [-0.4, -0.2) is 27.7 Å². The van der Waals surface area contributed by atoms with Crippen LogP contribution in [0.4, 0.5) is 5.69 Å². The van der Waals surface area contributed by atoms with Crippen molar-refractivity contribution in [2.24, 2.45) is 0 Å². The second-order valence-corrected chi connectivity index (χ2v) is 5.87. The standard InChI is InChI=1S/C14H15BrN4O/c1-18(11-5-2-4-10(15)8-11)14(20)12-6-3-7-19-9-16-17-13(12)19/h2,4-5,8-9,12H,3,6-7H2,1H3. The Morgan fingerprint density at radius 2 is 2.35 bits per heavy atom. The number of aryl methyl sites for hydroxylation is 1. The highest BCUT2D eigenvalue weighted by Gasteiger charge is 2.31. The second kappa shape index (κ2) is 5.36. The Bertz CT molecular complexity index is 640. The lowest BCUT2D eigenvalue weighted by molar-refractivity contribution is -0.120. The third-order valence-corrected chi connectivity index (χ3v) is 4.17. The molecule has 1 aromatic heterocycles. The summed E-state index contributed by atoms with van der Waals surface area (Å²) in [6.07, 6.45) is 3.51. The molecule has 0 N–H and O–H groups in total. The van der Waals surface area contributed by atoms with Gasteiger partial charge in [-0.3, -0.25) is 4.79 Å². The summed E-state index contributed by atoms with van der Waals surface area (Å²) in [6, 6.07) is 7.73. The minimum atomic E-state index is -0.199. The summed E-state index contributed by atoms with van der Waals surface area (Å²) in [4.78, 5) is 14.4. The monoisotopic (exact) mass is 334 g/mol. The Labute approximate surface area is 125 Å². The van der Waals surface area contributed by atoms with E-state index in [1.54, 1.807) is 18.3 Å². The Morgan fingerprint density at radius 3 is 3.15 bits per heavy atom. The molecule has 3 rings (SSSR count). The molecule has 0 fully saturated rings. The van der Waals surface area contributed by atoms with E-state index >= 15 is 0 Å². The fraction of sp³-hybridized carbons (Fsp3) is 0.357. The summed E-state index contributed by atoms with van der Waals surface area (Å²) in [5.74, 6) is 0.648. The number of rotatable bonds is 2. The van der Waals surface area contributed by atoms with Crippen LogP contribution < -0.4 is 4.90 Å². The van der Waals surface area contributed by atoms with Crippen LogP contribution in [0.1, 0.15) is 24.6 Å². The quantitative estimate of drug-likeness (QED) is 0.848. The van der Waals surface area contributed by atoms with Gasteiger partial charge in [-0.2, -0.15) is 0 Å². The molecule has 0 aliphatic carbocycles. The number of carbonyl (C=O) groups is 1.